The van der Waals surface area contributed by atoms with Crippen LogP contribution in [0.2, 0.25) is 0 Å². The van der Waals surface area contributed by atoms with Gasteiger partial charge in [-0.3, -0.25) is 0 Å². The van der Waals surface area contributed by atoms with Gasteiger partial charge in [-0.05, 0) is 36.4 Å². The van der Waals surface area contributed by atoms with Crippen LogP contribution in [0.1, 0.15) is 11.1 Å². The van der Waals surface area contributed by atoms with Crippen molar-refractivity contribution in [2.75, 3.05) is 5.73 Å². The lowest BCUT2D eigenvalue weighted by Gasteiger charge is -2.07. The lowest BCUT2D eigenvalue weighted by atomic mass is 10.1. The molecule has 2 rings (SSSR count). The zero-order valence-corrected chi connectivity index (χ0v) is 11.2. The molecule has 0 spiro atoms. The van der Waals surface area contributed by atoms with Crippen molar-refractivity contribution in [3.63, 3.8) is 0 Å². The lowest BCUT2D eigenvalue weighted by molar-refractivity contribution is 0.587. The zero-order valence-electron chi connectivity index (χ0n) is 10.4. The van der Waals surface area contributed by atoms with Gasteiger partial charge in [0.1, 0.15) is 5.82 Å². The van der Waals surface area contributed by atoms with Crippen molar-refractivity contribution in [1.82, 2.24) is 0 Å². The summed E-state index contributed by atoms with van der Waals surface area (Å²) < 4.78 is 38.0. The SMILES string of the molecule is N#Cc1ccc(F)c(CS(=O)(=O)c2cccc(N)c2)c1. The third kappa shape index (κ3) is 2.95. The van der Waals surface area contributed by atoms with E-state index in [-0.39, 0.29) is 16.0 Å². The van der Waals surface area contributed by atoms with Crippen LogP contribution in [0.5, 0.6) is 0 Å². The summed E-state index contributed by atoms with van der Waals surface area (Å²) in [6.07, 6.45) is 0. The van der Waals surface area contributed by atoms with Gasteiger partial charge in [0.05, 0.1) is 22.3 Å². The Balaban J connectivity index is 2.41. The number of nitriles is 1. The van der Waals surface area contributed by atoms with E-state index < -0.39 is 21.4 Å². The minimum atomic E-state index is -3.71. The molecule has 6 heteroatoms. The third-order valence-electron chi connectivity index (χ3n) is 2.74. The summed E-state index contributed by atoms with van der Waals surface area (Å²) in [5.41, 5.74) is 6.04. The maximum Gasteiger partial charge on any atom is 0.182 e. The standard InChI is InChI=1S/C14H11FN2O2S/c15-14-5-4-10(8-16)6-11(14)9-20(18,19)13-3-1-2-12(17)7-13/h1-7H,9,17H2. The highest BCUT2D eigenvalue weighted by molar-refractivity contribution is 7.90. The molecule has 0 aliphatic carbocycles. The van der Waals surface area contributed by atoms with E-state index in [2.05, 4.69) is 0 Å². The first kappa shape index (κ1) is 14.0. The van der Waals surface area contributed by atoms with Crippen molar-refractivity contribution in [2.45, 2.75) is 10.6 Å². The summed E-state index contributed by atoms with van der Waals surface area (Å²) in [4.78, 5) is 0.0271. The zero-order chi connectivity index (χ0) is 14.8. The molecule has 0 saturated carbocycles. The first-order valence-corrected chi connectivity index (χ1v) is 7.34. The first-order valence-electron chi connectivity index (χ1n) is 5.69. The van der Waals surface area contributed by atoms with Crippen LogP contribution in [0, 0.1) is 17.1 Å². The van der Waals surface area contributed by atoms with Gasteiger partial charge in [-0.15, -0.1) is 0 Å². The Morgan fingerprint density at radius 2 is 1.95 bits per heavy atom. The predicted molar refractivity (Wildman–Crippen MR) is 72.9 cm³/mol. The number of benzene rings is 2. The van der Waals surface area contributed by atoms with Crippen molar-refractivity contribution >= 4 is 15.5 Å². The van der Waals surface area contributed by atoms with Crippen LogP contribution < -0.4 is 5.73 Å². The first-order chi connectivity index (χ1) is 9.42. The number of nitrogen functional groups attached to an aromatic ring is 1. The molecule has 0 aliphatic rings. The average molecular weight is 290 g/mol. The van der Waals surface area contributed by atoms with E-state index in [4.69, 9.17) is 11.0 Å². The number of anilines is 1. The molecule has 102 valence electrons. The summed E-state index contributed by atoms with van der Waals surface area (Å²) in [5.74, 6) is -1.17. The van der Waals surface area contributed by atoms with E-state index in [0.29, 0.717) is 5.69 Å². The van der Waals surface area contributed by atoms with Crippen LogP contribution in [0.4, 0.5) is 10.1 Å². The second-order valence-corrected chi connectivity index (χ2v) is 6.24. The molecular weight excluding hydrogens is 279 g/mol. The fourth-order valence-corrected chi connectivity index (χ4v) is 3.15. The molecule has 0 aliphatic heterocycles. The van der Waals surface area contributed by atoms with Crippen LogP contribution in [0.3, 0.4) is 0 Å². The van der Waals surface area contributed by atoms with Crippen LogP contribution >= 0.6 is 0 Å². The molecular formula is C14H11FN2O2S. The van der Waals surface area contributed by atoms with Crippen LogP contribution in [-0.4, -0.2) is 8.42 Å². The number of rotatable bonds is 3. The maximum atomic E-state index is 13.6. The topological polar surface area (TPSA) is 84.0 Å². The van der Waals surface area contributed by atoms with E-state index in [9.17, 15) is 12.8 Å². The molecule has 4 nitrogen and oxygen atoms in total. The Morgan fingerprint density at radius 3 is 2.60 bits per heavy atom. The number of nitrogens with zero attached hydrogens (tertiary/aromatic N) is 1. The number of hydrogen-bond donors (Lipinski definition) is 1. The van der Waals surface area contributed by atoms with Crippen LogP contribution in [0.15, 0.2) is 47.4 Å². The fourth-order valence-electron chi connectivity index (χ4n) is 1.75. The quantitative estimate of drug-likeness (QED) is 0.879. The van der Waals surface area contributed by atoms with Gasteiger partial charge in [-0.25, -0.2) is 12.8 Å². The largest absolute Gasteiger partial charge is 0.399 e. The summed E-state index contributed by atoms with van der Waals surface area (Å²) in [6.45, 7) is 0. The van der Waals surface area contributed by atoms with E-state index in [1.807, 2.05) is 6.07 Å². The van der Waals surface area contributed by atoms with Crippen molar-refractivity contribution < 1.29 is 12.8 Å². The molecule has 2 N–H and O–H groups in total. The highest BCUT2D eigenvalue weighted by atomic mass is 32.2. The van der Waals surface area contributed by atoms with Crippen molar-refractivity contribution in [3.8, 4) is 6.07 Å². The van der Waals surface area contributed by atoms with Crippen LogP contribution in [0.25, 0.3) is 0 Å². The molecule has 0 saturated heterocycles. The molecule has 0 radical (unpaired) electrons. The molecule has 0 unspecified atom stereocenters. The summed E-state index contributed by atoms with van der Waals surface area (Å²) in [7, 11) is -3.71. The third-order valence-corrected chi connectivity index (χ3v) is 4.40. The highest BCUT2D eigenvalue weighted by Gasteiger charge is 2.18. The van der Waals surface area contributed by atoms with Gasteiger partial charge in [0.15, 0.2) is 9.84 Å². The summed E-state index contributed by atoms with van der Waals surface area (Å²) in [5, 5.41) is 8.77. The Bertz CT molecular complexity index is 795. The van der Waals surface area contributed by atoms with Crippen LogP contribution in [-0.2, 0) is 15.6 Å². The Labute approximate surface area is 116 Å². The Hall–Kier alpha value is -2.39. The normalized spacial score (nSPS) is 11.0. The van der Waals surface area contributed by atoms with E-state index in [1.54, 1.807) is 6.07 Å². The minimum Gasteiger partial charge on any atom is -0.399 e. The molecule has 0 fully saturated rings. The highest BCUT2D eigenvalue weighted by Crippen LogP contribution is 2.20. The molecule has 20 heavy (non-hydrogen) atoms. The minimum absolute atomic E-state index is 0.0271. The lowest BCUT2D eigenvalue weighted by Crippen LogP contribution is -2.07. The molecule has 2 aromatic rings. The van der Waals surface area contributed by atoms with Crippen molar-refractivity contribution in [1.29, 1.82) is 5.26 Å². The molecule has 0 bridgehead atoms. The monoisotopic (exact) mass is 290 g/mol. The fraction of sp³-hybridized carbons (Fsp3) is 0.0714. The number of hydrogen-bond acceptors (Lipinski definition) is 4. The van der Waals surface area contributed by atoms with E-state index in [0.717, 1.165) is 6.07 Å². The molecule has 0 heterocycles. The van der Waals surface area contributed by atoms with Gasteiger partial charge >= 0.3 is 0 Å². The second kappa shape index (κ2) is 5.31. The van der Waals surface area contributed by atoms with Gasteiger partial charge in [0, 0.05) is 11.3 Å². The second-order valence-electron chi connectivity index (χ2n) is 4.25. The number of nitrogens with two attached hydrogens (primary N) is 1. The van der Waals surface area contributed by atoms with E-state index >= 15 is 0 Å². The average Bonchev–Trinajstić information content (AvgIpc) is 2.41. The molecule has 0 aromatic heterocycles. The summed E-state index contributed by atoms with van der Waals surface area (Å²) >= 11 is 0. The molecule has 2 aromatic carbocycles. The smallest absolute Gasteiger partial charge is 0.182 e. The number of sulfone groups is 1. The summed E-state index contributed by atoms with van der Waals surface area (Å²) in [6, 6.07) is 11.3. The molecule has 0 atom stereocenters. The van der Waals surface area contributed by atoms with Gasteiger partial charge in [0.2, 0.25) is 0 Å². The maximum absolute atomic E-state index is 13.6. The van der Waals surface area contributed by atoms with Gasteiger partial charge < -0.3 is 5.73 Å². The molecule has 0 amide bonds. The van der Waals surface area contributed by atoms with Gasteiger partial charge in [-0.1, -0.05) is 6.07 Å². The number of halogens is 1. The van der Waals surface area contributed by atoms with E-state index in [1.165, 1.54) is 30.3 Å². The van der Waals surface area contributed by atoms with Gasteiger partial charge in [-0.2, -0.15) is 5.26 Å². The predicted octanol–water partition coefficient (Wildman–Crippen LogP) is 2.25. The Kier molecular flexibility index (Phi) is 3.72. The van der Waals surface area contributed by atoms with Crippen molar-refractivity contribution in [2.24, 2.45) is 0 Å². The van der Waals surface area contributed by atoms with Gasteiger partial charge in [0.25, 0.3) is 0 Å². The Morgan fingerprint density at radius 1 is 1.20 bits per heavy atom. The van der Waals surface area contributed by atoms with Crippen molar-refractivity contribution in [3.05, 3.63) is 59.4 Å².